The molecule has 4 nitrogen and oxygen atoms in total. The van der Waals surface area contributed by atoms with Crippen molar-refractivity contribution < 1.29 is 9.59 Å². The second kappa shape index (κ2) is 7.09. The first-order valence-corrected chi connectivity index (χ1v) is 7.94. The van der Waals surface area contributed by atoms with Gasteiger partial charge in [0.15, 0.2) is 0 Å². The van der Waals surface area contributed by atoms with E-state index < -0.39 is 0 Å². The number of nitrogens with one attached hydrogen (secondary N) is 2. The molecule has 2 aromatic carbocycles. The van der Waals surface area contributed by atoms with Gasteiger partial charge in [0.25, 0.3) is 0 Å². The Morgan fingerprint density at radius 2 is 1.74 bits per heavy atom. The molecule has 1 fully saturated rings. The second-order valence-electron chi connectivity index (χ2n) is 5.79. The van der Waals surface area contributed by atoms with Gasteiger partial charge in [0.1, 0.15) is 6.04 Å². The molecular weight excluding hydrogens is 288 g/mol. The van der Waals surface area contributed by atoms with Crippen molar-refractivity contribution in [2.75, 3.05) is 6.54 Å². The molecule has 23 heavy (non-hydrogen) atoms. The van der Waals surface area contributed by atoms with Crippen molar-refractivity contribution >= 4 is 11.8 Å². The van der Waals surface area contributed by atoms with Crippen LogP contribution >= 0.6 is 0 Å². The third kappa shape index (κ3) is 3.97. The van der Waals surface area contributed by atoms with Gasteiger partial charge >= 0.3 is 0 Å². The maximum absolute atomic E-state index is 12.1. The lowest BCUT2D eigenvalue weighted by Gasteiger charge is -2.22. The van der Waals surface area contributed by atoms with Gasteiger partial charge in [0.2, 0.25) is 11.8 Å². The second-order valence-corrected chi connectivity index (χ2v) is 5.79. The normalized spacial score (nSPS) is 17.4. The number of amides is 2. The topological polar surface area (TPSA) is 58.2 Å². The Labute approximate surface area is 135 Å². The molecule has 0 bridgehead atoms. The van der Waals surface area contributed by atoms with Crippen molar-refractivity contribution in [3.05, 3.63) is 60.2 Å². The standard InChI is InChI=1S/C19H20N2O2/c22-18(21-17-7-4-12-20-19(17)23)13-14-8-10-16(11-9-14)15-5-2-1-3-6-15/h1-3,5-6,8-11,17H,4,7,12-13H2,(H,20,23)(H,21,22)/t17-/m0/s1. The molecule has 3 rings (SSSR count). The number of carbonyl (C=O) groups is 2. The van der Waals surface area contributed by atoms with E-state index in [0.29, 0.717) is 19.4 Å². The summed E-state index contributed by atoms with van der Waals surface area (Å²) >= 11 is 0. The highest BCUT2D eigenvalue weighted by Crippen LogP contribution is 2.19. The summed E-state index contributed by atoms with van der Waals surface area (Å²) in [5, 5.41) is 5.59. The Hall–Kier alpha value is -2.62. The van der Waals surface area contributed by atoms with E-state index in [2.05, 4.69) is 22.8 Å². The molecule has 1 atom stereocenters. The molecule has 0 saturated carbocycles. The molecule has 2 amide bonds. The fraction of sp³-hybridized carbons (Fsp3) is 0.263. The highest BCUT2D eigenvalue weighted by atomic mass is 16.2. The lowest BCUT2D eigenvalue weighted by molar-refractivity contribution is -0.129. The lowest BCUT2D eigenvalue weighted by Crippen LogP contribution is -2.50. The summed E-state index contributed by atoms with van der Waals surface area (Å²) in [4.78, 5) is 23.7. The minimum atomic E-state index is -0.389. The maximum atomic E-state index is 12.1. The smallest absolute Gasteiger partial charge is 0.242 e. The zero-order valence-corrected chi connectivity index (χ0v) is 12.9. The zero-order valence-electron chi connectivity index (χ0n) is 12.9. The number of piperidine rings is 1. The molecule has 1 aliphatic rings. The summed E-state index contributed by atoms with van der Waals surface area (Å²) in [6, 6.07) is 17.7. The van der Waals surface area contributed by atoms with Gasteiger partial charge in [-0.05, 0) is 29.5 Å². The van der Waals surface area contributed by atoms with Crippen LogP contribution in [-0.4, -0.2) is 24.4 Å². The van der Waals surface area contributed by atoms with Crippen molar-refractivity contribution in [3.63, 3.8) is 0 Å². The van der Waals surface area contributed by atoms with Gasteiger partial charge in [-0.15, -0.1) is 0 Å². The molecule has 2 aromatic rings. The van der Waals surface area contributed by atoms with E-state index in [1.54, 1.807) is 0 Å². The van der Waals surface area contributed by atoms with E-state index in [4.69, 9.17) is 0 Å². The third-order valence-corrected chi connectivity index (χ3v) is 4.05. The van der Waals surface area contributed by atoms with Gasteiger partial charge in [-0.3, -0.25) is 9.59 Å². The largest absolute Gasteiger partial charge is 0.354 e. The number of benzene rings is 2. The van der Waals surface area contributed by atoms with Crippen LogP contribution in [0.1, 0.15) is 18.4 Å². The molecule has 0 aromatic heterocycles. The Morgan fingerprint density at radius 1 is 1.04 bits per heavy atom. The lowest BCUT2D eigenvalue weighted by atomic mass is 10.0. The first kappa shape index (κ1) is 15.3. The van der Waals surface area contributed by atoms with Crippen LogP contribution in [-0.2, 0) is 16.0 Å². The number of rotatable bonds is 4. The molecule has 1 aliphatic heterocycles. The first-order valence-electron chi connectivity index (χ1n) is 7.94. The maximum Gasteiger partial charge on any atom is 0.242 e. The molecule has 4 heteroatoms. The highest BCUT2D eigenvalue weighted by Gasteiger charge is 2.23. The van der Waals surface area contributed by atoms with Gasteiger partial charge in [-0.2, -0.15) is 0 Å². The van der Waals surface area contributed by atoms with E-state index in [0.717, 1.165) is 23.1 Å². The van der Waals surface area contributed by atoms with Crippen molar-refractivity contribution in [2.45, 2.75) is 25.3 Å². The number of hydrogen-bond donors (Lipinski definition) is 2. The fourth-order valence-electron chi connectivity index (χ4n) is 2.79. The van der Waals surface area contributed by atoms with E-state index in [1.165, 1.54) is 0 Å². The third-order valence-electron chi connectivity index (χ3n) is 4.05. The van der Waals surface area contributed by atoms with Crippen molar-refractivity contribution in [2.24, 2.45) is 0 Å². The summed E-state index contributed by atoms with van der Waals surface area (Å²) in [6.45, 7) is 0.701. The zero-order chi connectivity index (χ0) is 16.1. The van der Waals surface area contributed by atoms with Gasteiger partial charge in [-0.1, -0.05) is 54.6 Å². The van der Waals surface area contributed by atoms with Crippen LogP contribution in [0.15, 0.2) is 54.6 Å². The van der Waals surface area contributed by atoms with Gasteiger partial charge < -0.3 is 10.6 Å². The quantitative estimate of drug-likeness (QED) is 0.910. The van der Waals surface area contributed by atoms with E-state index >= 15 is 0 Å². The van der Waals surface area contributed by atoms with E-state index in [-0.39, 0.29) is 17.9 Å². The molecule has 1 heterocycles. The van der Waals surface area contributed by atoms with Crippen molar-refractivity contribution in [1.29, 1.82) is 0 Å². The fourth-order valence-corrected chi connectivity index (χ4v) is 2.79. The monoisotopic (exact) mass is 308 g/mol. The summed E-state index contributed by atoms with van der Waals surface area (Å²) in [5.41, 5.74) is 3.22. The van der Waals surface area contributed by atoms with Crippen LogP contribution < -0.4 is 10.6 Å². The average molecular weight is 308 g/mol. The Bertz CT molecular complexity index is 680. The van der Waals surface area contributed by atoms with Crippen LogP contribution in [0.5, 0.6) is 0 Å². The molecule has 0 unspecified atom stereocenters. The molecule has 0 aliphatic carbocycles. The number of carbonyl (C=O) groups excluding carboxylic acids is 2. The molecule has 0 radical (unpaired) electrons. The minimum absolute atomic E-state index is 0.0796. The molecule has 2 N–H and O–H groups in total. The van der Waals surface area contributed by atoms with Crippen LogP contribution in [0.25, 0.3) is 11.1 Å². The predicted octanol–water partition coefficient (Wildman–Crippen LogP) is 2.29. The highest BCUT2D eigenvalue weighted by molar-refractivity contribution is 5.88. The Kier molecular flexibility index (Phi) is 4.71. The SMILES string of the molecule is O=C(Cc1ccc(-c2ccccc2)cc1)N[C@H]1CCCNC1=O. The van der Waals surface area contributed by atoms with E-state index in [9.17, 15) is 9.59 Å². The molecule has 0 spiro atoms. The molecule has 118 valence electrons. The van der Waals surface area contributed by atoms with Gasteiger partial charge in [-0.25, -0.2) is 0 Å². The summed E-state index contributed by atoms with van der Waals surface area (Å²) in [7, 11) is 0. The Morgan fingerprint density at radius 3 is 2.43 bits per heavy atom. The van der Waals surface area contributed by atoms with Gasteiger partial charge in [0.05, 0.1) is 6.42 Å². The number of hydrogen-bond acceptors (Lipinski definition) is 2. The van der Waals surface area contributed by atoms with Crippen LogP contribution in [0, 0.1) is 0 Å². The van der Waals surface area contributed by atoms with Crippen molar-refractivity contribution in [3.8, 4) is 11.1 Å². The summed E-state index contributed by atoms with van der Waals surface area (Å²) in [6.07, 6.45) is 1.91. The molecular formula is C19H20N2O2. The summed E-state index contributed by atoms with van der Waals surface area (Å²) in [5.74, 6) is -0.191. The minimum Gasteiger partial charge on any atom is -0.354 e. The predicted molar refractivity (Wildman–Crippen MR) is 89.8 cm³/mol. The van der Waals surface area contributed by atoms with Gasteiger partial charge in [0, 0.05) is 6.54 Å². The molecule has 1 saturated heterocycles. The van der Waals surface area contributed by atoms with Crippen molar-refractivity contribution in [1.82, 2.24) is 10.6 Å². The first-order chi connectivity index (χ1) is 11.2. The summed E-state index contributed by atoms with van der Waals surface area (Å²) < 4.78 is 0. The average Bonchev–Trinajstić information content (AvgIpc) is 2.58. The van der Waals surface area contributed by atoms with Crippen LogP contribution in [0.3, 0.4) is 0 Å². The Balaban J connectivity index is 1.59. The van der Waals surface area contributed by atoms with Crippen LogP contribution in [0.4, 0.5) is 0 Å². The van der Waals surface area contributed by atoms with E-state index in [1.807, 2.05) is 42.5 Å². The van der Waals surface area contributed by atoms with Crippen LogP contribution in [0.2, 0.25) is 0 Å².